The van der Waals surface area contributed by atoms with Crippen molar-refractivity contribution < 1.29 is 9.90 Å². The van der Waals surface area contributed by atoms with Gasteiger partial charge in [0.1, 0.15) is 11.4 Å². The molecule has 1 heterocycles. The quantitative estimate of drug-likeness (QED) is 0.660. The number of phenolic OH excluding ortho intramolecular Hbond substituents is 1. The van der Waals surface area contributed by atoms with Gasteiger partial charge < -0.3 is 10.4 Å². The van der Waals surface area contributed by atoms with Gasteiger partial charge in [0.05, 0.1) is 0 Å². The SMILES string of the molecule is CCN=C1NC(=O)/C(=C/c2ccc(O)cc2)N1. The molecule has 5 nitrogen and oxygen atoms in total. The van der Waals surface area contributed by atoms with Crippen LogP contribution in [0.3, 0.4) is 0 Å². The molecule has 1 saturated heterocycles. The number of nitrogens with one attached hydrogen (secondary N) is 2. The van der Waals surface area contributed by atoms with E-state index in [4.69, 9.17) is 5.11 Å². The Morgan fingerprint density at radius 2 is 2.00 bits per heavy atom. The lowest BCUT2D eigenvalue weighted by molar-refractivity contribution is -0.115. The minimum Gasteiger partial charge on any atom is -0.508 e. The number of guanidine groups is 1. The molecule has 17 heavy (non-hydrogen) atoms. The molecule has 0 saturated carbocycles. The molecule has 1 amide bonds. The first-order valence-electron chi connectivity index (χ1n) is 5.32. The highest BCUT2D eigenvalue weighted by molar-refractivity contribution is 6.15. The Morgan fingerprint density at radius 3 is 2.65 bits per heavy atom. The van der Waals surface area contributed by atoms with E-state index in [2.05, 4.69) is 15.6 Å². The number of aromatic hydroxyl groups is 1. The largest absolute Gasteiger partial charge is 0.508 e. The van der Waals surface area contributed by atoms with Crippen LogP contribution in [0.15, 0.2) is 35.0 Å². The molecule has 1 fully saturated rings. The number of hydrogen-bond acceptors (Lipinski definition) is 3. The van der Waals surface area contributed by atoms with E-state index in [1.807, 2.05) is 6.92 Å². The van der Waals surface area contributed by atoms with Crippen LogP contribution in [-0.2, 0) is 4.79 Å². The van der Waals surface area contributed by atoms with Gasteiger partial charge in [0, 0.05) is 6.54 Å². The van der Waals surface area contributed by atoms with Gasteiger partial charge in [-0.2, -0.15) is 0 Å². The number of nitrogens with zero attached hydrogens (tertiary/aromatic N) is 1. The molecule has 2 rings (SSSR count). The zero-order chi connectivity index (χ0) is 12.3. The fourth-order valence-electron chi connectivity index (χ4n) is 1.47. The van der Waals surface area contributed by atoms with Crippen molar-refractivity contribution in [2.75, 3.05) is 6.54 Å². The van der Waals surface area contributed by atoms with E-state index in [0.29, 0.717) is 18.2 Å². The molecule has 88 valence electrons. The van der Waals surface area contributed by atoms with Crippen LogP contribution in [0.5, 0.6) is 5.75 Å². The van der Waals surface area contributed by atoms with Gasteiger partial charge in [0.25, 0.3) is 5.91 Å². The molecule has 0 aromatic heterocycles. The summed E-state index contributed by atoms with van der Waals surface area (Å²) < 4.78 is 0. The molecule has 1 aliphatic heterocycles. The molecule has 3 N–H and O–H groups in total. The maximum atomic E-state index is 11.6. The van der Waals surface area contributed by atoms with Crippen molar-refractivity contribution in [1.82, 2.24) is 10.6 Å². The molecule has 0 unspecified atom stereocenters. The molecular weight excluding hydrogens is 218 g/mol. The third-order valence-corrected chi connectivity index (χ3v) is 2.25. The third-order valence-electron chi connectivity index (χ3n) is 2.25. The second-order valence-electron chi connectivity index (χ2n) is 3.55. The van der Waals surface area contributed by atoms with Crippen molar-refractivity contribution in [3.05, 3.63) is 35.5 Å². The van der Waals surface area contributed by atoms with Crippen LogP contribution in [0, 0.1) is 0 Å². The van der Waals surface area contributed by atoms with Gasteiger partial charge in [-0.25, -0.2) is 0 Å². The summed E-state index contributed by atoms with van der Waals surface area (Å²) in [4.78, 5) is 15.6. The van der Waals surface area contributed by atoms with Gasteiger partial charge in [-0.15, -0.1) is 0 Å². The van der Waals surface area contributed by atoms with Crippen molar-refractivity contribution in [2.24, 2.45) is 4.99 Å². The average Bonchev–Trinajstić information content (AvgIpc) is 2.63. The maximum absolute atomic E-state index is 11.6. The lowest BCUT2D eigenvalue weighted by Crippen LogP contribution is -2.25. The van der Waals surface area contributed by atoms with E-state index in [-0.39, 0.29) is 11.7 Å². The average molecular weight is 231 g/mol. The van der Waals surface area contributed by atoms with Crippen LogP contribution in [0.1, 0.15) is 12.5 Å². The number of amides is 1. The molecule has 0 aliphatic carbocycles. The zero-order valence-electron chi connectivity index (χ0n) is 9.40. The monoisotopic (exact) mass is 231 g/mol. The number of aliphatic imine (C=N–C) groups is 1. The van der Waals surface area contributed by atoms with Crippen molar-refractivity contribution in [2.45, 2.75) is 6.92 Å². The summed E-state index contributed by atoms with van der Waals surface area (Å²) in [5.41, 5.74) is 1.28. The Bertz CT molecular complexity index is 489. The van der Waals surface area contributed by atoms with Crippen molar-refractivity contribution in [1.29, 1.82) is 0 Å². The predicted molar refractivity (Wildman–Crippen MR) is 65.3 cm³/mol. The first-order valence-corrected chi connectivity index (χ1v) is 5.32. The second kappa shape index (κ2) is 4.69. The number of hydrogen-bond donors (Lipinski definition) is 3. The summed E-state index contributed by atoms with van der Waals surface area (Å²) in [5.74, 6) is 0.469. The fraction of sp³-hybridized carbons (Fsp3) is 0.167. The molecule has 0 spiro atoms. The number of phenols is 1. The lowest BCUT2D eigenvalue weighted by atomic mass is 10.2. The smallest absolute Gasteiger partial charge is 0.274 e. The topological polar surface area (TPSA) is 73.7 Å². The molecule has 5 heteroatoms. The summed E-state index contributed by atoms with van der Waals surface area (Å²) in [6, 6.07) is 6.60. The van der Waals surface area contributed by atoms with E-state index >= 15 is 0 Å². The highest BCUT2D eigenvalue weighted by Crippen LogP contribution is 2.13. The highest BCUT2D eigenvalue weighted by atomic mass is 16.3. The van der Waals surface area contributed by atoms with E-state index < -0.39 is 0 Å². The predicted octanol–water partition coefficient (Wildman–Crippen LogP) is 0.828. The first kappa shape index (κ1) is 11.2. The van der Waals surface area contributed by atoms with Crippen molar-refractivity contribution in [3.8, 4) is 5.75 Å². The molecule has 1 aliphatic rings. The Hall–Kier alpha value is -2.30. The summed E-state index contributed by atoms with van der Waals surface area (Å²) in [6.07, 6.45) is 1.70. The molecule has 0 bridgehead atoms. The Morgan fingerprint density at radius 1 is 1.29 bits per heavy atom. The van der Waals surface area contributed by atoms with Gasteiger partial charge in [0.15, 0.2) is 0 Å². The zero-order valence-corrected chi connectivity index (χ0v) is 9.40. The van der Waals surface area contributed by atoms with Crippen LogP contribution in [0.4, 0.5) is 0 Å². The summed E-state index contributed by atoms with van der Waals surface area (Å²) in [6.45, 7) is 2.50. The minimum atomic E-state index is -0.203. The first-order chi connectivity index (χ1) is 8.19. The molecule has 1 aromatic rings. The van der Waals surface area contributed by atoms with Gasteiger partial charge in [-0.3, -0.25) is 15.1 Å². The van der Waals surface area contributed by atoms with E-state index in [0.717, 1.165) is 5.56 Å². The number of benzene rings is 1. The van der Waals surface area contributed by atoms with Gasteiger partial charge in [-0.05, 0) is 30.7 Å². The maximum Gasteiger partial charge on any atom is 0.274 e. The van der Waals surface area contributed by atoms with Crippen LogP contribution in [0.2, 0.25) is 0 Å². The van der Waals surface area contributed by atoms with E-state index in [9.17, 15) is 4.79 Å². The standard InChI is InChI=1S/C12H13N3O2/c1-2-13-12-14-10(11(17)15-12)7-8-3-5-9(16)6-4-8/h3-7,16H,2H2,1H3,(H2,13,14,15,17)/b10-7-. The Kier molecular flexibility index (Phi) is 3.09. The summed E-state index contributed by atoms with van der Waals surface area (Å²) in [7, 11) is 0. The van der Waals surface area contributed by atoms with Gasteiger partial charge >= 0.3 is 0 Å². The van der Waals surface area contributed by atoms with Crippen LogP contribution < -0.4 is 10.6 Å². The molecule has 0 radical (unpaired) electrons. The lowest BCUT2D eigenvalue weighted by Gasteiger charge is -1.97. The number of carbonyl (C=O) groups excluding carboxylic acids is 1. The fourth-order valence-corrected chi connectivity index (χ4v) is 1.47. The van der Waals surface area contributed by atoms with Crippen LogP contribution >= 0.6 is 0 Å². The minimum absolute atomic E-state index is 0.198. The number of carbonyl (C=O) groups is 1. The Balaban J connectivity index is 2.20. The Labute approximate surface area is 98.9 Å². The third kappa shape index (κ3) is 2.63. The summed E-state index contributed by atoms with van der Waals surface area (Å²) in [5, 5.41) is 14.7. The van der Waals surface area contributed by atoms with E-state index in [1.165, 1.54) is 0 Å². The van der Waals surface area contributed by atoms with Gasteiger partial charge in [0.2, 0.25) is 5.96 Å². The van der Waals surface area contributed by atoms with Crippen molar-refractivity contribution >= 4 is 17.9 Å². The summed E-state index contributed by atoms with van der Waals surface area (Å²) >= 11 is 0. The van der Waals surface area contributed by atoms with Crippen LogP contribution in [-0.4, -0.2) is 23.5 Å². The molecular formula is C12H13N3O2. The van der Waals surface area contributed by atoms with E-state index in [1.54, 1.807) is 30.3 Å². The molecule has 1 aromatic carbocycles. The number of rotatable bonds is 2. The normalized spacial score (nSPS) is 19.5. The van der Waals surface area contributed by atoms with Gasteiger partial charge in [-0.1, -0.05) is 12.1 Å². The molecule has 0 atom stereocenters. The van der Waals surface area contributed by atoms with Crippen LogP contribution in [0.25, 0.3) is 6.08 Å². The van der Waals surface area contributed by atoms with Crippen molar-refractivity contribution in [3.63, 3.8) is 0 Å². The second-order valence-corrected chi connectivity index (χ2v) is 3.55. The highest BCUT2D eigenvalue weighted by Gasteiger charge is 2.20.